The smallest absolute Gasteiger partial charge is 0.269 e. The number of nitro benzene ring substituents is 1. The SMILES string of the molecule is C=CCC(c1ccc([N+](=O)[O-])cc1)N(C)CC=C. The van der Waals surface area contributed by atoms with Gasteiger partial charge in [-0.2, -0.15) is 0 Å². The first-order chi connectivity index (χ1) is 8.60. The standard InChI is InChI=1S/C14H18N2O2/c1-4-6-14(15(3)11-5-2)12-7-9-13(10-8-12)16(17)18/h4-5,7-10,14H,1-2,6,11H2,3H3. The van der Waals surface area contributed by atoms with Crippen LogP contribution in [-0.2, 0) is 0 Å². The molecule has 18 heavy (non-hydrogen) atoms. The highest BCUT2D eigenvalue weighted by Gasteiger charge is 2.15. The van der Waals surface area contributed by atoms with E-state index in [4.69, 9.17) is 0 Å². The summed E-state index contributed by atoms with van der Waals surface area (Å²) >= 11 is 0. The summed E-state index contributed by atoms with van der Waals surface area (Å²) in [6, 6.07) is 6.83. The zero-order chi connectivity index (χ0) is 13.5. The zero-order valence-corrected chi connectivity index (χ0v) is 10.6. The van der Waals surface area contributed by atoms with E-state index in [-0.39, 0.29) is 16.7 Å². The highest BCUT2D eigenvalue weighted by atomic mass is 16.6. The van der Waals surface area contributed by atoms with Gasteiger partial charge in [-0.25, -0.2) is 0 Å². The molecule has 1 aromatic carbocycles. The maximum absolute atomic E-state index is 10.6. The van der Waals surface area contributed by atoms with Crippen LogP contribution in [0.1, 0.15) is 18.0 Å². The van der Waals surface area contributed by atoms with E-state index < -0.39 is 0 Å². The van der Waals surface area contributed by atoms with Crippen molar-refractivity contribution >= 4 is 5.69 Å². The van der Waals surface area contributed by atoms with Crippen LogP contribution in [0.4, 0.5) is 5.69 Å². The van der Waals surface area contributed by atoms with Crippen LogP contribution in [0.3, 0.4) is 0 Å². The van der Waals surface area contributed by atoms with Gasteiger partial charge in [0.15, 0.2) is 0 Å². The molecule has 0 aliphatic heterocycles. The molecule has 0 fully saturated rings. The van der Waals surface area contributed by atoms with Gasteiger partial charge in [0.05, 0.1) is 4.92 Å². The first-order valence-electron chi connectivity index (χ1n) is 5.76. The molecule has 1 aromatic rings. The lowest BCUT2D eigenvalue weighted by Crippen LogP contribution is -2.24. The van der Waals surface area contributed by atoms with Crippen molar-refractivity contribution < 1.29 is 4.92 Å². The Bertz CT molecular complexity index is 426. The number of likely N-dealkylation sites (N-methyl/N-ethyl adjacent to an activating group) is 1. The summed E-state index contributed by atoms with van der Waals surface area (Å²) in [6.07, 6.45) is 4.48. The molecule has 0 aliphatic carbocycles. The average molecular weight is 246 g/mol. The molecule has 0 aliphatic rings. The largest absolute Gasteiger partial charge is 0.295 e. The van der Waals surface area contributed by atoms with Gasteiger partial charge in [0.25, 0.3) is 5.69 Å². The van der Waals surface area contributed by atoms with E-state index in [2.05, 4.69) is 18.1 Å². The van der Waals surface area contributed by atoms with Gasteiger partial charge in [-0.05, 0) is 19.0 Å². The topological polar surface area (TPSA) is 46.4 Å². The van der Waals surface area contributed by atoms with E-state index in [1.54, 1.807) is 12.1 Å². The molecule has 1 rings (SSSR count). The van der Waals surface area contributed by atoms with Crippen molar-refractivity contribution in [1.82, 2.24) is 4.90 Å². The Morgan fingerprint density at radius 1 is 1.33 bits per heavy atom. The molecule has 0 heterocycles. The Hall–Kier alpha value is -1.94. The third-order valence-corrected chi connectivity index (χ3v) is 2.83. The van der Waals surface area contributed by atoms with E-state index >= 15 is 0 Å². The van der Waals surface area contributed by atoms with Gasteiger partial charge in [-0.3, -0.25) is 15.0 Å². The molecule has 4 heteroatoms. The van der Waals surface area contributed by atoms with Crippen LogP contribution < -0.4 is 0 Å². The zero-order valence-electron chi connectivity index (χ0n) is 10.6. The molecule has 0 spiro atoms. The van der Waals surface area contributed by atoms with Crippen LogP contribution >= 0.6 is 0 Å². The van der Waals surface area contributed by atoms with Gasteiger partial charge in [0, 0.05) is 24.7 Å². The summed E-state index contributed by atoms with van der Waals surface area (Å²) in [5, 5.41) is 10.6. The van der Waals surface area contributed by atoms with Crippen molar-refractivity contribution in [2.24, 2.45) is 0 Å². The molecule has 96 valence electrons. The number of hydrogen-bond acceptors (Lipinski definition) is 3. The van der Waals surface area contributed by atoms with Crippen LogP contribution in [0.25, 0.3) is 0 Å². The first-order valence-corrected chi connectivity index (χ1v) is 5.76. The van der Waals surface area contributed by atoms with Crippen molar-refractivity contribution in [3.8, 4) is 0 Å². The molecule has 4 nitrogen and oxygen atoms in total. The summed E-state index contributed by atoms with van der Waals surface area (Å²) in [7, 11) is 2.00. The fourth-order valence-corrected chi connectivity index (χ4v) is 1.88. The lowest BCUT2D eigenvalue weighted by molar-refractivity contribution is -0.384. The van der Waals surface area contributed by atoms with Gasteiger partial charge in [-0.15, -0.1) is 13.2 Å². The third-order valence-electron chi connectivity index (χ3n) is 2.83. The van der Waals surface area contributed by atoms with Gasteiger partial charge in [-0.1, -0.05) is 24.3 Å². The number of hydrogen-bond donors (Lipinski definition) is 0. The Balaban J connectivity index is 2.94. The molecule has 0 aromatic heterocycles. The molecule has 0 bridgehead atoms. The van der Waals surface area contributed by atoms with Crippen molar-refractivity contribution in [1.29, 1.82) is 0 Å². The highest BCUT2D eigenvalue weighted by molar-refractivity contribution is 5.34. The lowest BCUT2D eigenvalue weighted by Gasteiger charge is -2.26. The highest BCUT2D eigenvalue weighted by Crippen LogP contribution is 2.25. The molecular weight excluding hydrogens is 228 g/mol. The van der Waals surface area contributed by atoms with Crippen molar-refractivity contribution in [2.45, 2.75) is 12.5 Å². The Labute approximate surface area is 107 Å². The maximum atomic E-state index is 10.6. The van der Waals surface area contributed by atoms with Gasteiger partial charge >= 0.3 is 0 Å². The molecule has 0 radical (unpaired) electrons. The minimum atomic E-state index is -0.389. The number of non-ortho nitro benzene ring substituents is 1. The monoisotopic (exact) mass is 246 g/mol. The second-order valence-corrected chi connectivity index (χ2v) is 4.12. The fourth-order valence-electron chi connectivity index (χ4n) is 1.88. The quantitative estimate of drug-likeness (QED) is 0.421. The summed E-state index contributed by atoms with van der Waals surface area (Å²) in [5.74, 6) is 0. The molecular formula is C14H18N2O2. The van der Waals surface area contributed by atoms with Crippen LogP contribution in [-0.4, -0.2) is 23.4 Å². The molecule has 0 saturated heterocycles. The summed E-state index contributed by atoms with van der Waals surface area (Å²) in [6.45, 7) is 8.23. The normalized spacial score (nSPS) is 12.1. The number of benzene rings is 1. The van der Waals surface area contributed by atoms with E-state index in [0.29, 0.717) is 0 Å². The summed E-state index contributed by atoms with van der Waals surface area (Å²) < 4.78 is 0. The average Bonchev–Trinajstić information content (AvgIpc) is 2.36. The molecule has 0 amide bonds. The second kappa shape index (κ2) is 6.71. The Morgan fingerprint density at radius 2 is 1.94 bits per heavy atom. The van der Waals surface area contributed by atoms with Gasteiger partial charge in [0.2, 0.25) is 0 Å². The van der Waals surface area contributed by atoms with E-state index in [0.717, 1.165) is 18.5 Å². The maximum Gasteiger partial charge on any atom is 0.269 e. The van der Waals surface area contributed by atoms with E-state index in [9.17, 15) is 10.1 Å². The van der Waals surface area contributed by atoms with Crippen molar-refractivity contribution in [3.05, 3.63) is 65.3 Å². The predicted molar refractivity (Wildman–Crippen MR) is 73.5 cm³/mol. The molecule has 0 saturated carbocycles. The van der Waals surface area contributed by atoms with Crippen LogP contribution in [0.5, 0.6) is 0 Å². The van der Waals surface area contributed by atoms with Crippen LogP contribution in [0, 0.1) is 10.1 Å². The Kier molecular flexibility index (Phi) is 5.27. The van der Waals surface area contributed by atoms with Crippen LogP contribution in [0.2, 0.25) is 0 Å². The minimum absolute atomic E-state index is 0.113. The van der Waals surface area contributed by atoms with Crippen LogP contribution in [0.15, 0.2) is 49.6 Å². The van der Waals surface area contributed by atoms with Gasteiger partial charge in [0.1, 0.15) is 0 Å². The number of nitro groups is 1. The van der Waals surface area contributed by atoms with Crippen molar-refractivity contribution in [3.63, 3.8) is 0 Å². The van der Waals surface area contributed by atoms with E-state index in [1.807, 2.05) is 19.2 Å². The lowest BCUT2D eigenvalue weighted by atomic mass is 10.0. The fraction of sp³-hybridized carbons (Fsp3) is 0.286. The van der Waals surface area contributed by atoms with E-state index in [1.165, 1.54) is 12.1 Å². The molecule has 1 atom stereocenters. The number of rotatable bonds is 7. The van der Waals surface area contributed by atoms with Crippen molar-refractivity contribution in [2.75, 3.05) is 13.6 Å². The summed E-state index contributed by atoms with van der Waals surface area (Å²) in [5.41, 5.74) is 1.16. The second-order valence-electron chi connectivity index (χ2n) is 4.12. The summed E-state index contributed by atoms with van der Waals surface area (Å²) in [4.78, 5) is 12.4. The molecule has 1 unspecified atom stereocenters. The first kappa shape index (κ1) is 14.1. The Morgan fingerprint density at radius 3 is 2.39 bits per heavy atom. The predicted octanol–water partition coefficient (Wildman–Crippen LogP) is 3.33. The molecule has 0 N–H and O–H groups in total. The minimum Gasteiger partial charge on any atom is -0.295 e. The number of nitrogens with zero attached hydrogens (tertiary/aromatic N) is 2. The van der Waals surface area contributed by atoms with Gasteiger partial charge < -0.3 is 0 Å². The third kappa shape index (κ3) is 3.53.